The van der Waals surface area contributed by atoms with Crippen LogP contribution in [0.25, 0.3) is 11.0 Å². The molecule has 2 aromatic heterocycles. The second kappa shape index (κ2) is 12.2. The number of aromatic nitrogens is 3. The number of carbonyl (C=O) groups excluding carboxylic acids is 2. The number of nitrogens with one attached hydrogen (secondary N) is 3. The molecule has 3 aromatic rings. The minimum atomic E-state index is -0.435. The molecule has 0 spiro atoms. The smallest absolute Gasteiger partial charge is 0.273 e. The third-order valence-corrected chi connectivity index (χ3v) is 5.87. The molecule has 36 heavy (non-hydrogen) atoms. The van der Waals surface area contributed by atoms with E-state index >= 15 is 0 Å². The summed E-state index contributed by atoms with van der Waals surface area (Å²) in [6.45, 7) is 1.86. The van der Waals surface area contributed by atoms with Gasteiger partial charge in [-0.05, 0) is 18.6 Å². The lowest BCUT2D eigenvalue weighted by atomic mass is 10.2. The Balaban J connectivity index is 1.23. The van der Waals surface area contributed by atoms with E-state index in [0.717, 1.165) is 16.9 Å². The highest BCUT2D eigenvalue weighted by molar-refractivity contribution is 5.92. The minimum Gasteiger partial charge on any atom is -0.448 e. The van der Waals surface area contributed by atoms with Gasteiger partial charge >= 0.3 is 0 Å². The van der Waals surface area contributed by atoms with Crippen molar-refractivity contribution in [1.29, 1.82) is 0 Å². The SMILES string of the molecule is CNC(=O)CCn1c(CCNCCc2nc(C(=O)NCC3=C(F)CCC=N3)co2)nc2ccccc21. The highest BCUT2D eigenvalue weighted by Gasteiger charge is 2.15. The van der Waals surface area contributed by atoms with Gasteiger partial charge in [0.15, 0.2) is 11.6 Å². The number of amides is 2. The van der Waals surface area contributed by atoms with Crippen molar-refractivity contribution in [2.24, 2.45) is 4.99 Å². The average Bonchev–Trinajstić information content (AvgIpc) is 3.51. The summed E-state index contributed by atoms with van der Waals surface area (Å²) in [4.78, 5) is 37.0. The molecule has 190 valence electrons. The molecule has 2 amide bonds. The molecule has 11 heteroatoms. The maximum absolute atomic E-state index is 13.7. The van der Waals surface area contributed by atoms with E-state index in [9.17, 15) is 14.0 Å². The fourth-order valence-corrected chi connectivity index (χ4v) is 3.93. The highest BCUT2D eigenvalue weighted by Crippen LogP contribution is 2.18. The average molecular weight is 496 g/mol. The Kier molecular flexibility index (Phi) is 8.56. The normalized spacial score (nSPS) is 13.4. The zero-order valence-corrected chi connectivity index (χ0v) is 20.2. The molecule has 1 aliphatic rings. The van der Waals surface area contributed by atoms with Gasteiger partial charge in [-0.1, -0.05) is 12.1 Å². The van der Waals surface area contributed by atoms with Crippen LogP contribution >= 0.6 is 0 Å². The van der Waals surface area contributed by atoms with Crippen molar-refractivity contribution in [2.45, 2.75) is 38.6 Å². The van der Waals surface area contributed by atoms with Gasteiger partial charge in [-0.25, -0.2) is 14.4 Å². The molecule has 0 unspecified atom stereocenters. The monoisotopic (exact) mass is 495 g/mol. The van der Waals surface area contributed by atoms with E-state index in [0.29, 0.717) is 57.6 Å². The number of carbonyl (C=O) groups is 2. The van der Waals surface area contributed by atoms with Crippen LogP contribution in [-0.4, -0.2) is 59.2 Å². The number of para-hydroxylation sites is 2. The number of nitrogens with zero attached hydrogens (tertiary/aromatic N) is 4. The number of fused-ring (bicyclic) bond motifs is 1. The summed E-state index contributed by atoms with van der Waals surface area (Å²) in [6.07, 6.45) is 5.41. The first-order chi connectivity index (χ1) is 17.5. The van der Waals surface area contributed by atoms with Gasteiger partial charge in [-0.2, -0.15) is 0 Å². The van der Waals surface area contributed by atoms with E-state index in [1.165, 1.54) is 6.26 Å². The van der Waals surface area contributed by atoms with Crippen LogP contribution < -0.4 is 16.0 Å². The highest BCUT2D eigenvalue weighted by atomic mass is 19.1. The number of allylic oxidation sites excluding steroid dienone is 1. The molecule has 1 aromatic carbocycles. The number of hydrogen-bond donors (Lipinski definition) is 3. The fraction of sp³-hybridized carbons (Fsp3) is 0.400. The van der Waals surface area contributed by atoms with Gasteiger partial charge in [-0.15, -0.1) is 0 Å². The summed E-state index contributed by atoms with van der Waals surface area (Å²) >= 11 is 0. The molecule has 0 atom stereocenters. The quantitative estimate of drug-likeness (QED) is 0.331. The molecule has 1 aliphatic heterocycles. The van der Waals surface area contributed by atoms with E-state index < -0.39 is 5.91 Å². The maximum atomic E-state index is 13.7. The van der Waals surface area contributed by atoms with Crippen molar-refractivity contribution < 1.29 is 18.4 Å². The summed E-state index contributed by atoms with van der Waals surface area (Å²) in [5, 5.41) is 8.62. The van der Waals surface area contributed by atoms with Crippen molar-refractivity contribution >= 4 is 29.1 Å². The summed E-state index contributed by atoms with van der Waals surface area (Å²) in [7, 11) is 1.63. The van der Waals surface area contributed by atoms with Gasteiger partial charge in [0.25, 0.3) is 5.91 Å². The molecule has 0 saturated heterocycles. The Morgan fingerprint density at radius 1 is 1.17 bits per heavy atom. The largest absolute Gasteiger partial charge is 0.448 e. The topological polar surface area (TPSA) is 126 Å². The molecule has 0 radical (unpaired) electrons. The van der Waals surface area contributed by atoms with E-state index in [1.54, 1.807) is 13.3 Å². The van der Waals surface area contributed by atoms with Gasteiger partial charge < -0.3 is 24.9 Å². The predicted molar refractivity (Wildman–Crippen MR) is 133 cm³/mol. The molecule has 4 rings (SSSR count). The van der Waals surface area contributed by atoms with Crippen molar-refractivity contribution in [2.75, 3.05) is 26.7 Å². The van der Waals surface area contributed by atoms with Gasteiger partial charge in [-0.3, -0.25) is 14.6 Å². The number of benzene rings is 1. The summed E-state index contributed by atoms with van der Waals surface area (Å²) in [5.41, 5.74) is 2.31. The molecule has 3 N–H and O–H groups in total. The Bertz CT molecular complexity index is 1280. The Morgan fingerprint density at radius 2 is 2.00 bits per heavy atom. The standard InChI is InChI=1S/C25H30FN7O3/c1-27-23(34)10-14-33-21-7-3-2-6-18(21)31-22(33)8-12-28-13-9-24-32-20(16-36-24)25(35)30-15-19-17(26)5-4-11-29-19/h2-3,6-7,11,16,28H,4-5,8-10,12-15H2,1H3,(H,27,34)(H,30,35). The van der Waals surface area contributed by atoms with Crippen LogP contribution in [0, 0.1) is 0 Å². The third-order valence-electron chi connectivity index (χ3n) is 5.87. The van der Waals surface area contributed by atoms with Crippen molar-refractivity contribution in [3.63, 3.8) is 0 Å². The van der Waals surface area contributed by atoms with Crippen LogP contribution in [-0.2, 0) is 24.2 Å². The third kappa shape index (κ3) is 6.42. The van der Waals surface area contributed by atoms with Crippen LogP contribution in [0.2, 0.25) is 0 Å². The van der Waals surface area contributed by atoms with E-state index in [-0.39, 0.29) is 29.7 Å². The zero-order chi connectivity index (χ0) is 25.3. The molecule has 0 fully saturated rings. The van der Waals surface area contributed by atoms with Crippen LogP contribution in [0.1, 0.15) is 41.5 Å². The first-order valence-corrected chi connectivity index (χ1v) is 12.0. The Morgan fingerprint density at radius 3 is 2.83 bits per heavy atom. The molecule has 0 aliphatic carbocycles. The number of oxazole rings is 1. The van der Waals surface area contributed by atoms with E-state index in [4.69, 9.17) is 9.40 Å². The van der Waals surface area contributed by atoms with Crippen molar-refractivity contribution in [3.8, 4) is 0 Å². The van der Waals surface area contributed by atoms with Crippen LogP contribution in [0.3, 0.4) is 0 Å². The van der Waals surface area contributed by atoms with Crippen LogP contribution in [0.15, 0.2) is 51.5 Å². The van der Waals surface area contributed by atoms with Crippen LogP contribution in [0.5, 0.6) is 0 Å². The van der Waals surface area contributed by atoms with Gasteiger partial charge in [0.2, 0.25) is 5.91 Å². The number of rotatable bonds is 12. The van der Waals surface area contributed by atoms with Crippen LogP contribution in [0.4, 0.5) is 4.39 Å². The Labute approximate surface area is 208 Å². The number of aliphatic imine (C=N–C) groups is 1. The van der Waals surface area contributed by atoms with Gasteiger partial charge in [0, 0.05) is 58.6 Å². The molecule has 0 bridgehead atoms. The number of aryl methyl sites for hydroxylation is 1. The second-order valence-corrected chi connectivity index (χ2v) is 8.35. The first-order valence-electron chi connectivity index (χ1n) is 12.0. The molecule has 3 heterocycles. The maximum Gasteiger partial charge on any atom is 0.273 e. The summed E-state index contributed by atoms with van der Waals surface area (Å²) in [5.74, 6) is 0.604. The lowest BCUT2D eigenvalue weighted by Gasteiger charge is -2.09. The summed E-state index contributed by atoms with van der Waals surface area (Å²) < 4.78 is 21.2. The van der Waals surface area contributed by atoms with E-state index in [1.807, 2.05) is 24.3 Å². The lowest BCUT2D eigenvalue weighted by molar-refractivity contribution is -0.120. The zero-order valence-electron chi connectivity index (χ0n) is 20.2. The predicted octanol–water partition coefficient (Wildman–Crippen LogP) is 2.31. The molecular weight excluding hydrogens is 465 g/mol. The second-order valence-electron chi connectivity index (χ2n) is 8.35. The minimum absolute atomic E-state index is 0.0115. The first kappa shape index (κ1) is 25.2. The molecule has 10 nitrogen and oxygen atoms in total. The lowest BCUT2D eigenvalue weighted by Crippen LogP contribution is -2.26. The number of halogens is 1. The van der Waals surface area contributed by atoms with Gasteiger partial charge in [0.1, 0.15) is 17.9 Å². The molecular formula is C25H30FN7O3. The fourth-order valence-electron chi connectivity index (χ4n) is 3.93. The van der Waals surface area contributed by atoms with Crippen molar-refractivity contribution in [3.05, 3.63) is 59.5 Å². The van der Waals surface area contributed by atoms with Crippen molar-refractivity contribution in [1.82, 2.24) is 30.5 Å². The number of hydrogen-bond acceptors (Lipinski definition) is 7. The molecule has 0 saturated carbocycles. The van der Waals surface area contributed by atoms with E-state index in [2.05, 4.69) is 30.5 Å². The summed E-state index contributed by atoms with van der Waals surface area (Å²) in [6, 6.07) is 7.89. The van der Waals surface area contributed by atoms with Gasteiger partial charge in [0.05, 0.1) is 23.3 Å². The number of imidazole rings is 1. The Hall–Kier alpha value is -3.86.